The first kappa shape index (κ1) is 18.8. The molecular formula is C17H25N5O3S. The molecule has 1 N–H and O–H groups in total. The second-order valence-electron chi connectivity index (χ2n) is 7.15. The van der Waals surface area contributed by atoms with Crippen molar-refractivity contribution in [1.82, 2.24) is 18.8 Å². The summed E-state index contributed by atoms with van der Waals surface area (Å²) in [5.41, 5.74) is 1.24. The number of nitrogens with zero attached hydrogens (tertiary/aromatic N) is 4. The number of fused-ring (bicyclic) bond motifs is 1. The lowest BCUT2D eigenvalue weighted by molar-refractivity contribution is 0.331. The third kappa shape index (κ3) is 3.73. The molecule has 2 aromatic heterocycles. The summed E-state index contributed by atoms with van der Waals surface area (Å²) in [6.45, 7) is 6.68. The van der Waals surface area contributed by atoms with Gasteiger partial charge in [0.15, 0.2) is 0 Å². The molecular weight excluding hydrogens is 354 g/mol. The maximum atomic E-state index is 12.5. The van der Waals surface area contributed by atoms with Crippen molar-refractivity contribution < 1.29 is 8.42 Å². The molecule has 3 heterocycles. The summed E-state index contributed by atoms with van der Waals surface area (Å²) in [6, 6.07) is 1.91. The van der Waals surface area contributed by atoms with Crippen LogP contribution in [-0.2, 0) is 10.0 Å². The lowest BCUT2D eigenvalue weighted by atomic mass is 10.1. The summed E-state index contributed by atoms with van der Waals surface area (Å²) in [5, 5.41) is 4.11. The third-order valence-electron chi connectivity index (χ3n) is 4.72. The molecule has 2 aromatic rings. The Bertz CT molecular complexity index is 976. The Labute approximate surface area is 153 Å². The molecule has 0 aromatic carbocycles. The number of aromatic nitrogens is 3. The number of hydrogen-bond donors (Lipinski definition) is 1. The van der Waals surface area contributed by atoms with E-state index in [4.69, 9.17) is 0 Å². The molecule has 0 spiro atoms. The largest absolute Gasteiger partial charge is 0.351 e. The van der Waals surface area contributed by atoms with E-state index in [1.54, 1.807) is 17.7 Å². The van der Waals surface area contributed by atoms with Crippen LogP contribution < -0.4 is 10.9 Å². The summed E-state index contributed by atoms with van der Waals surface area (Å²) in [6.07, 6.45) is 4.35. The van der Waals surface area contributed by atoms with Crippen LogP contribution in [0.5, 0.6) is 0 Å². The smallest absolute Gasteiger partial charge is 0.255 e. The van der Waals surface area contributed by atoms with Gasteiger partial charge in [-0.25, -0.2) is 17.7 Å². The first-order chi connectivity index (χ1) is 12.2. The van der Waals surface area contributed by atoms with Crippen LogP contribution in [0, 0.1) is 6.92 Å². The molecule has 9 heteroatoms. The van der Waals surface area contributed by atoms with Gasteiger partial charge in [0.05, 0.1) is 6.26 Å². The highest BCUT2D eigenvalue weighted by Crippen LogP contribution is 2.19. The van der Waals surface area contributed by atoms with Crippen molar-refractivity contribution in [3.8, 4) is 0 Å². The Balaban J connectivity index is 1.85. The van der Waals surface area contributed by atoms with E-state index in [0.29, 0.717) is 43.1 Å². The molecule has 0 amide bonds. The fraction of sp³-hybridized carbons (Fsp3) is 0.588. The molecule has 1 fully saturated rings. The van der Waals surface area contributed by atoms with Crippen LogP contribution in [0.15, 0.2) is 17.1 Å². The van der Waals surface area contributed by atoms with Gasteiger partial charge in [0.25, 0.3) is 5.56 Å². The minimum Gasteiger partial charge on any atom is -0.351 e. The molecule has 0 radical (unpaired) electrons. The van der Waals surface area contributed by atoms with Gasteiger partial charge in [-0.2, -0.15) is 4.98 Å². The standard InChI is InChI=1S/C17H25N5O3S/c1-11(2)22-15-13(9-12(3)16(22)23)10-18-17(20-15)19-14-5-7-21(8-6-14)26(4,24)25/h9-11,14H,5-8H2,1-4H3,(H,18,19,20). The fourth-order valence-corrected chi connectivity index (χ4v) is 4.20. The number of piperidine rings is 1. The van der Waals surface area contributed by atoms with E-state index in [0.717, 1.165) is 5.39 Å². The Morgan fingerprint density at radius 3 is 2.50 bits per heavy atom. The second-order valence-corrected chi connectivity index (χ2v) is 9.13. The highest BCUT2D eigenvalue weighted by Gasteiger charge is 2.25. The lowest BCUT2D eigenvalue weighted by Crippen LogP contribution is -2.42. The van der Waals surface area contributed by atoms with Crippen molar-refractivity contribution in [1.29, 1.82) is 0 Å². The van der Waals surface area contributed by atoms with Gasteiger partial charge in [0, 0.05) is 42.3 Å². The molecule has 8 nitrogen and oxygen atoms in total. The van der Waals surface area contributed by atoms with Crippen molar-refractivity contribution in [3.63, 3.8) is 0 Å². The number of rotatable bonds is 4. The zero-order chi connectivity index (χ0) is 19.1. The van der Waals surface area contributed by atoms with E-state index >= 15 is 0 Å². The molecule has 3 rings (SSSR count). The Hall–Kier alpha value is -2.00. The molecule has 1 aliphatic rings. The maximum absolute atomic E-state index is 12.5. The average molecular weight is 379 g/mol. The maximum Gasteiger partial charge on any atom is 0.255 e. The summed E-state index contributed by atoms with van der Waals surface area (Å²) in [7, 11) is -3.14. The second kappa shape index (κ2) is 6.96. The highest BCUT2D eigenvalue weighted by molar-refractivity contribution is 7.88. The van der Waals surface area contributed by atoms with Gasteiger partial charge < -0.3 is 5.32 Å². The number of sulfonamides is 1. The number of pyridine rings is 1. The summed E-state index contributed by atoms with van der Waals surface area (Å²) in [4.78, 5) is 21.4. The van der Waals surface area contributed by atoms with E-state index in [1.165, 1.54) is 10.6 Å². The zero-order valence-corrected chi connectivity index (χ0v) is 16.4. The van der Waals surface area contributed by atoms with Crippen LogP contribution in [0.25, 0.3) is 11.0 Å². The highest BCUT2D eigenvalue weighted by atomic mass is 32.2. The minimum absolute atomic E-state index is 0.00866. The monoisotopic (exact) mass is 379 g/mol. The molecule has 0 bridgehead atoms. The van der Waals surface area contributed by atoms with Gasteiger partial charge in [0.2, 0.25) is 16.0 Å². The summed E-state index contributed by atoms with van der Waals surface area (Å²) >= 11 is 0. The van der Waals surface area contributed by atoms with Gasteiger partial charge in [-0.15, -0.1) is 0 Å². The van der Waals surface area contributed by atoms with E-state index in [1.807, 2.05) is 19.9 Å². The molecule has 0 atom stereocenters. The third-order valence-corrected chi connectivity index (χ3v) is 6.03. The van der Waals surface area contributed by atoms with Gasteiger partial charge >= 0.3 is 0 Å². The van der Waals surface area contributed by atoms with Gasteiger partial charge in [-0.3, -0.25) is 9.36 Å². The topological polar surface area (TPSA) is 97.2 Å². The van der Waals surface area contributed by atoms with Crippen molar-refractivity contribution in [2.24, 2.45) is 0 Å². The van der Waals surface area contributed by atoms with Crippen LogP contribution in [0.2, 0.25) is 0 Å². The van der Waals surface area contributed by atoms with E-state index in [2.05, 4.69) is 15.3 Å². The minimum atomic E-state index is -3.14. The fourth-order valence-electron chi connectivity index (χ4n) is 3.32. The van der Waals surface area contributed by atoms with Gasteiger partial charge in [0.1, 0.15) is 5.65 Å². The molecule has 142 valence electrons. The number of hydrogen-bond acceptors (Lipinski definition) is 6. The van der Waals surface area contributed by atoms with E-state index in [9.17, 15) is 13.2 Å². The molecule has 0 saturated carbocycles. The van der Waals surface area contributed by atoms with Crippen LogP contribution in [-0.4, -0.2) is 52.6 Å². The van der Waals surface area contributed by atoms with Gasteiger partial charge in [-0.1, -0.05) is 0 Å². The Kier molecular flexibility index (Phi) is 5.03. The number of aryl methyl sites for hydroxylation is 1. The zero-order valence-electron chi connectivity index (χ0n) is 15.6. The lowest BCUT2D eigenvalue weighted by Gasteiger charge is -2.30. The van der Waals surface area contributed by atoms with Crippen molar-refractivity contribution >= 4 is 27.0 Å². The normalized spacial score (nSPS) is 17.1. The predicted molar refractivity (Wildman–Crippen MR) is 102 cm³/mol. The van der Waals surface area contributed by atoms with Crippen molar-refractivity contribution in [2.75, 3.05) is 24.7 Å². The predicted octanol–water partition coefficient (Wildman–Crippen LogP) is 1.52. The first-order valence-corrected chi connectivity index (χ1v) is 10.6. The van der Waals surface area contributed by atoms with Crippen LogP contribution in [0.1, 0.15) is 38.3 Å². The summed E-state index contributed by atoms with van der Waals surface area (Å²) in [5.74, 6) is 0.466. The average Bonchev–Trinajstić information content (AvgIpc) is 2.55. The van der Waals surface area contributed by atoms with Crippen LogP contribution in [0.3, 0.4) is 0 Å². The first-order valence-electron chi connectivity index (χ1n) is 8.77. The number of anilines is 1. The molecule has 0 unspecified atom stereocenters. The summed E-state index contributed by atoms with van der Waals surface area (Å²) < 4.78 is 26.4. The SMILES string of the molecule is Cc1cc2cnc(NC3CCN(S(C)(=O)=O)CC3)nc2n(C(C)C)c1=O. The molecule has 1 aliphatic heterocycles. The van der Waals surface area contributed by atoms with E-state index < -0.39 is 10.0 Å². The quantitative estimate of drug-likeness (QED) is 0.865. The van der Waals surface area contributed by atoms with Gasteiger partial charge in [-0.05, 0) is 39.7 Å². The Morgan fingerprint density at radius 1 is 1.27 bits per heavy atom. The number of nitrogens with one attached hydrogen (secondary N) is 1. The molecule has 26 heavy (non-hydrogen) atoms. The van der Waals surface area contributed by atoms with Crippen LogP contribution >= 0.6 is 0 Å². The molecule has 1 saturated heterocycles. The Morgan fingerprint density at radius 2 is 1.92 bits per heavy atom. The van der Waals surface area contributed by atoms with E-state index in [-0.39, 0.29) is 17.6 Å². The molecule has 0 aliphatic carbocycles. The van der Waals surface area contributed by atoms with Crippen LogP contribution in [0.4, 0.5) is 5.95 Å². The van der Waals surface area contributed by atoms with Crippen molar-refractivity contribution in [3.05, 3.63) is 28.2 Å². The van der Waals surface area contributed by atoms with Crippen molar-refractivity contribution in [2.45, 2.75) is 45.7 Å².